The number of hydrogen-bond donors (Lipinski definition) is 0. The summed E-state index contributed by atoms with van der Waals surface area (Å²) >= 11 is 0. The third kappa shape index (κ3) is 3.73. The van der Waals surface area contributed by atoms with Crippen LogP contribution >= 0.6 is 0 Å². The molecule has 0 aromatic carbocycles. The van der Waals surface area contributed by atoms with Crippen LogP contribution in [0.15, 0.2) is 30.9 Å². The summed E-state index contributed by atoms with van der Waals surface area (Å²) in [6, 6.07) is 2.70. The first-order valence-corrected chi connectivity index (χ1v) is 8.02. The van der Waals surface area contributed by atoms with Gasteiger partial charge in [-0.1, -0.05) is 6.42 Å². The molecule has 3 rings (SSSR count). The fraction of sp³-hybridized carbons (Fsp3) is 0.625. The second-order valence-corrected chi connectivity index (χ2v) is 5.91. The van der Waals surface area contributed by atoms with Crippen molar-refractivity contribution in [1.29, 1.82) is 0 Å². The van der Waals surface area contributed by atoms with Crippen LogP contribution in [0.5, 0.6) is 0 Å². The lowest BCUT2D eigenvalue weighted by molar-refractivity contribution is 0.130. The zero-order valence-electron chi connectivity index (χ0n) is 12.9. The van der Waals surface area contributed by atoms with Crippen molar-refractivity contribution >= 4 is 0 Å². The van der Waals surface area contributed by atoms with E-state index in [1.807, 2.05) is 23.1 Å². The molecule has 21 heavy (non-hydrogen) atoms. The number of rotatable bonds is 6. The van der Waals surface area contributed by atoms with Crippen molar-refractivity contribution in [2.45, 2.75) is 51.7 Å². The molecular weight excluding hydrogens is 262 g/mol. The number of likely N-dealkylation sites (tertiary alicyclic amines) is 1. The smallest absolute Gasteiger partial charge is 0.105 e. The molecule has 5 heteroatoms. The van der Waals surface area contributed by atoms with Gasteiger partial charge in [-0.3, -0.25) is 9.58 Å². The zero-order valence-corrected chi connectivity index (χ0v) is 12.9. The Balaban J connectivity index is 1.52. The van der Waals surface area contributed by atoms with Crippen LogP contribution in [0, 0.1) is 6.92 Å². The summed E-state index contributed by atoms with van der Waals surface area (Å²) in [5.74, 6) is 1.11. The largest absolute Gasteiger partial charge is 0.334 e. The summed E-state index contributed by atoms with van der Waals surface area (Å²) in [4.78, 5) is 6.96. The molecule has 114 valence electrons. The molecule has 0 N–H and O–H groups in total. The van der Waals surface area contributed by atoms with Crippen molar-refractivity contribution in [3.8, 4) is 0 Å². The Morgan fingerprint density at radius 2 is 2.10 bits per heavy atom. The maximum Gasteiger partial charge on any atom is 0.105 e. The predicted octanol–water partition coefficient (Wildman–Crippen LogP) is 2.33. The average molecular weight is 287 g/mol. The maximum absolute atomic E-state index is 4.31. The summed E-state index contributed by atoms with van der Waals surface area (Å²) in [6.45, 7) is 6.51. The summed E-state index contributed by atoms with van der Waals surface area (Å²) in [5.41, 5.74) is 0. The molecule has 3 heterocycles. The maximum atomic E-state index is 4.31. The van der Waals surface area contributed by atoms with E-state index in [1.165, 1.54) is 32.2 Å². The normalized spacial score (nSPS) is 20.0. The minimum atomic E-state index is 0.701. The first kappa shape index (κ1) is 14.3. The van der Waals surface area contributed by atoms with Gasteiger partial charge in [0.05, 0.1) is 0 Å². The lowest BCUT2D eigenvalue weighted by Crippen LogP contribution is -2.41. The van der Waals surface area contributed by atoms with E-state index in [1.54, 1.807) is 0 Å². The summed E-state index contributed by atoms with van der Waals surface area (Å²) in [5, 5.41) is 4.31. The van der Waals surface area contributed by atoms with E-state index in [2.05, 4.69) is 38.9 Å². The summed E-state index contributed by atoms with van der Waals surface area (Å²) in [7, 11) is 0. The average Bonchev–Trinajstić information content (AvgIpc) is 3.15. The molecule has 0 unspecified atom stereocenters. The Labute approximate surface area is 126 Å². The van der Waals surface area contributed by atoms with Gasteiger partial charge in [0.15, 0.2) is 0 Å². The van der Waals surface area contributed by atoms with E-state index in [0.29, 0.717) is 6.04 Å². The Morgan fingerprint density at radius 3 is 2.86 bits per heavy atom. The highest BCUT2D eigenvalue weighted by Crippen LogP contribution is 2.20. The molecule has 5 nitrogen and oxygen atoms in total. The van der Waals surface area contributed by atoms with Crippen LogP contribution in [0.2, 0.25) is 0 Å². The van der Waals surface area contributed by atoms with Gasteiger partial charge in [0.2, 0.25) is 0 Å². The quantitative estimate of drug-likeness (QED) is 0.818. The Morgan fingerprint density at radius 1 is 1.14 bits per heavy atom. The van der Waals surface area contributed by atoms with Crippen LogP contribution in [0.25, 0.3) is 0 Å². The molecule has 1 aliphatic heterocycles. The minimum Gasteiger partial charge on any atom is -0.334 e. The van der Waals surface area contributed by atoms with Gasteiger partial charge in [-0.25, -0.2) is 4.98 Å². The van der Waals surface area contributed by atoms with Crippen molar-refractivity contribution < 1.29 is 0 Å². The molecule has 2 aromatic rings. The molecule has 1 fully saturated rings. The Hall–Kier alpha value is -1.62. The van der Waals surface area contributed by atoms with Crippen LogP contribution in [0.1, 0.15) is 31.5 Å². The van der Waals surface area contributed by atoms with E-state index < -0.39 is 0 Å². The van der Waals surface area contributed by atoms with Crippen LogP contribution in [-0.2, 0) is 13.1 Å². The van der Waals surface area contributed by atoms with Crippen molar-refractivity contribution in [1.82, 2.24) is 24.2 Å². The third-order valence-corrected chi connectivity index (χ3v) is 4.55. The Kier molecular flexibility index (Phi) is 4.70. The number of nitrogens with zero attached hydrogens (tertiary/aromatic N) is 5. The molecule has 0 aliphatic carbocycles. The van der Waals surface area contributed by atoms with E-state index in [4.69, 9.17) is 0 Å². The van der Waals surface area contributed by atoms with Crippen molar-refractivity contribution in [3.05, 3.63) is 36.7 Å². The minimum absolute atomic E-state index is 0.701. The van der Waals surface area contributed by atoms with Gasteiger partial charge in [0, 0.05) is 50.5 Å². The van der Waals surface area contributed by atoms with E-state index in [-0.39, 0.29) is 0 Å². The Bertz CT molecular complexity index is 531. The van der Waals surface area contributed by atoms with E-state index >= 15 is 0 Å². The molecule has 0 spiro atoms. The second kappa shape index (κ2) is 6.89. The number of piperidine rings is 1. The second-order valence-electron chi connectivity index (χ2n) is 5.91. The molecule has 0 bridgehead atoms. The fourth-order valence-electron chi connectivity index (χ4n) is 3.27. The molecule has 1 saturated heterocycles. The predicted molar refractivity (Wildman–Crippen MR) is 83.0 cm³/mol. The van der Waals surface area contributed by atoms with Crippen molar-refractivity contribution in [3.63, 3.8) is 0 Å². The summed E-state index contributed by atoms with van der Waals surface area (Å²) < 4.78 is 4.30. The molecule has 1 aliphatic rings. The molecule has 0 saturated carbocycles. The fourth-order valence-corrected chi connectivity index (χ4v) is 3.27. The third-order valence-electron chi connectivity index (χ3n) is 4.55. The first-order valence-electron chi connectivity index (χ1n) is 8.02. The van der Waals surface area contributed by atoms with Gasteiger partial charge in [0.1, 0.15) is 5.82 Å². The van der Waals surface area contributed by atoms with Crippen LogP contribution in [-0.4, -0.2) is 43.4 Å². The highest BCUT2D eigenvalue weighted by Gasteiger charge is 2.21. The number of aryl methyl sites for hydroxylation is 2. The molecular formula is C16H25N5. The summed E-state index contributed by atoms with van der Waals surface area (Å²) in [6.07, 6.45) is 13.1. The van der Waals surface area contributed by atoms with Gasteiger partial charge >= 0.3 is 0 Å². The van der Waals surface area contributed by atoms with Crippen LogP contribution in [0.3, 0.4) is 0 Å². The number of hydrogen-bond acceptors (Lipinski definition) is 3. The van der Waals surface area contributed by atoms with Crippen molar-refractivity contribution in [2.24, 2.45) is 0 Å². The SMILES string of the molecule is Cc1nccn1CCN1CCCC[C@H]1CCn1cccn1. The van der Waals surface area contributed by atoms with Gasteiger partial charge in [-0.2, -0.15) is 5.10 Å². The highest BCUT2D eigenvalue weighted by atomic mass is 15.3. The van der Waals surface area contributed by atoms with Crippen LogP contribution in [0.4, 0.5) is 0 Å². The lowest BCUT2D eigenvalue weighted by atomic mass is 9.99. The highest BCUT2D eigenvalue weighted by molar-refractivity contribution is 4.89. The van der Waals surface area contributed by atoms with Gasteiger partial charge in [-0.05, 0) is 38.8 Å². The molecule has 0 radical (unpaired) electrons. The molecule has 2 aromatic heterocycles. The van der Waals surface area contributed by atoms with Gasteiger partial charge < -0.3 is 4.57 Å². The number of imidazole rings is 1. The topological polar surface area (TPSA) is 38.9 Å². The van der Waals surface area contributed by atoms with Crippen molar-refractivity contribution in [2.75, 3.05) is 13.1 Å². The van der Waals surface area contributed by atoms with E-state index in [9.17, 15) is 0 Å². The molecule has 1 atom stereocenters. The standard InChI is InChI=1S/C16H25N5/c1-15-17-8-12-19(15)13-14-20-9-3-2-5-16(20)6-11-21-10-4-7-18-21/h4,7-8,10,12,16H,2-3,5-6,9,11,13-14H2,1H3/t16-/m0/s1. The van der Waals surface area contributed by atoms with Gasteiger partial charge in [0.25, 0.3) is 0 Å². The monoisotopic (exact) mass is 287 g/mol. The van der Waals surface area contributed by atoms with Crippen LogP contribution < -0.4 is 0 Å². The van der Waals surface area contributed by atoms with Gasteiger partial charge in [-0.15, -0.1) is 0 Å². The zero-order chi connectivity index (χ0) is 14.5. The molecule has 0 amide bonds. The number of aromatic nitrogens is 4. The first-order chi connectivity index (χ1) is 10.3. The lowest BCUT2D eigenvalue weighted by Gasteiger charge is -2.36. The van der Waals surface area contributed by atoms with E-state index in [0.717, 1.165) is 25.5 Å².